The van der Waals surface area contributed by atoms with Gasteiger partial charge in [-0.05, 0) is 50.1 Å². The lowest BCUT2D eigenvalue weighted by atomic mass is 9.91. The summed E-state index contributed by atoms with van der Waals surface area (Å²) in [6.45, 7) is 5.54. The van der Waals surface area contributed by atoms with Crippen molar-refractivity contribution in [2.45, 2.75) is 50.0 Å². The molecule has 0 heterocycles. The standard InChI is InChI=1S/C16H27NOS/c1-3-12-17-16(4-2,14-18)11-8-13-19-15-9-6-5-7-10-15/h5-7,9-10,17-18H,3-4,8,11-14H2,1-2H3. The van der Waals surface area contributed by atoms with Crippen LogP contribution >= 0.6 is 11.8 Å². The van der Waals surface area contributed by atoms with E-state index in [1.54, 1.807) is 0 Å². The molecular weight excluding hydrogens is 254 g/mol. The van der Waals surface area contributed by atoms with Crippen LogP contribution in [-0.2, 0) is 0 Å². The predicted octanol–water partition coefficient (Wildman–Crippen LogP) is 3.70. The number of hydrogen-bond donors (Lipinski definition) is 2. The number of aliphatic hydroxyl groups is 1. The summed E-state index contributed by atoms with van der Waals surface area (Å²) in [7, 11) is 0. The SMILES string of the molecule is CCCNC(CC)(CO)CCCSc1ccccc1. The van der Waals surface area contributed by atoms with Crippen molar-refractivity contribution in [2.75, 3.05) is 18.9 Å². The van der Waals surface area contributed by atoms with Gasteiger partial charge < -0.3 is 10.4 Å². The molecule has 19 heavy (non-hydrogen) atoms. The Kier molecular flexibility index (Phi) is 8.19. The van der Waals surface area contributed by atoms with Gasteiger partial charge in [0.15, 0.2) is 0 Å². The normalized spacial score (nSPS) is 14.3. The zero-order chi connectivity index (χ0) is 14.0. The van der Waals surface area contributed by atoms with Crippen molar-refractivity contribution < 1.29 is 5.11 Å². The molecule has 0 amide bonds. The lowest BCUT2D eigenvalue weighted by Crippen LogP contribution is -2.48. The van der Waals surface area contributed by atoms with Crippen LogP contribution in [0.1, 0.15) is 39.5 Å². The van der Waals surface area contributed by atoms with Gasteiger partial charge in [0.25, 0.3) is 0 Å². The molecule has 0 aliphatic heterocycles. The summed E-state index contributed by atoms with van der Waals surface area (Å²) in [6, 6.07) is 10.5. The van der Waals surface area contributed by atoms with E-state index in [2.05, 4.69) is 43.4 Å². The van der Waals surface area contributed by atoms with E-state index in [1.807, 2.05) is 17.8 Å². The van der Waals surface area contributed by atoms with Crippen molar-refractivity contribution in [1.29, 1.82) is 0 Å². The van der Waals surface area contributed by atoms with Crippen LogP contribution < -0.4 is 5.32 Å². The van der Waals surface area contributed by atoms with Gasteiger partial charge in [-0.25, -0.2) is 0 Å². The third-order valence-electron chi connectivity index (χ3n) is 3.54. The lowest BCUT2D eigenvalue weighted by Gasteiger charge is -2.32. The minimum Gasteiger partial charge on any atom is -0.394 e. The Hall–Kier alpha value is -0.510. The van der Waals surface area contributed by atoms with E-state index < -0.39 is 0 Å². The number of nitrogens with one attached hydrogen (secondary N) is 1. The second kappa shape index (κ2) is 9.40. The Morgan fingerprint density at radius 2 is 1.95 bits per heavy atom. The lowest BCUT2D eigenvalue weighted by molar-refractivity contribution is 0.146. The molecule has 2 nitrogen and oxygen atoms in total. The Morgan fingerprint density at radius 3 is 2.53 bits per heavy atom. The molecule has 1 aromatic rings. The molecule has 0 bridgehead atoms. The third kappa shape index (κ3) is 5.98. The highest BCUT2D eigenvalue weighted by Crippen LogP contribution is 2.22. The highest BCUT2D eigenvalue weighted by Gasteiger charge is 2.25. The Bertz CT molecular complexity index is 325. The van der Waals surface area contributed by atoms with Crippen molar-refractivity contribution in [2.24, 2.45) is 0 Å². The van der Waals surface area contributed by atoms with E-state index in [-0.39, 0.29) is 12.1 Å². The molecule has 1 unspecified atom stereocenters. The third-order valence-corrected chi connectivity index (χ3v) is 4.64. The molecule has 0 aliphatic rings. The molecule has 3 heteroatoms. The second-order valence-corrected chi connectivity index (χ2v) is 6.15. The maximum Gasteiger partial charge on any atom is 0.0613 e. The first-order chi connectivity index (χ1) is 9.26. The first-order valence-corrected chi connectivity index (χ1v) is 8.28. The largest absolute Gasteiger partial charge is 0.394 e. The molecule has 1 aromatic carbocycles. The molecule has 0 spiro atoms. The molecule has 0 saturated heterocycles. The topological polar surface area (TPSA) is 32.3 Å². The van der Waals surface area contributed by atoms with Crippen molar-refractivity contribution in [3.05, 3.63) is 30.3 Å². The first kappa shape index (κ1) is 16.5. The van der Waals surface area contributed by atoms with Crippen LogP contribution in [0.25, 0.3) is 0 Å². The Labute approximate surface area is 122 Å². The maximum atomic E-state index is 9.65. The highest BCUT2D eigenvalue weighted by molar-refractivity contribution is 7.99. The average molecular weight is 281 g/mol. The van der Waals surface area contributed by atoms with Gasteiger partial charge in [0.1, 0.15) is 0 Å². The average Bonchev–Trinajstić information content (AvgIpc) is 2.48. The molecule has 108 valence electrons. The van der Waals surface area contributed by atoms with Crippen molar-refractivity contribution in [3.8, 4) is 0 Å². The van der Waals surface area contributed by atoms with E-state index in [0.717, 1.165) is 38.0 Å². The summed E-state index contributed by atoms with van der Waals surface area (Å²) < 4.78 is 0. The van der Waals surface area contributed by atoms with E-state index in [1.165, 1.54) is 4.90 Å². The van der Waals surface area contributed by atoms with Crippen LogP contribution in [0, 0.1) is 0 Å². The molecule has 1 atom stereocenters. The minimum atomic E-state index is -0.0761. The highest BCUT2D eigenvalue weighted by atomic mass is 32.2. The van der Waals surface area contributed by atoms with Gasteiger partial charge in [-0.15, -0.1) is 11.8 Å². The minimum absolute atomic E-state index is 0.0761. The number of rotatable bonds is 10. The molecule has 0 aromatic heterocycles. The fourth-order valence-corrected chi connectivity index (χ4v) is 3.02. The van der Waals surface area contributed by atoms with Crippen molar-refractivity contribution in [1.82, 2.24) is 5.32 Å². The molecule has 0 aliphatic carbocycles. The molecule has 0 radical (unpaired) electrons. The van der Waals surface area contributed by atoms with Gasteiger partial charge in [0.05, 0.1) is 6.61 Å². The van der Waals surface area contributed by atoms with Gasteiger partial charge in [-0.2, -0.15) is 0 Å². The van der Waals surface area contributed by atoms with Crippen molar-refractivity contribution >= 4 is 11.8 Å². The van der Waals surface area contributed by atoms with Crippen LogP contribution in [-0.4, -0.2) is 29.5 Å². The van der Waals surface area contributed by atoms with Gasteiger partial charge in [-0.1, -0.05) is 32.0 Å². The van der Waals surface area contributed by atoms with Crippen LogP contribution in [0.5, 0.6) is 0 Å². The van der Waals surface area contributed by atoms with Gasteiger partial charge >= 0.3 is 0 Å². The summed E-state index contributed by atoms with van der Waals surface area (Å²) in [6.07, 6.45) is 4.27. The summed E-state index contributed by atoms with van der Waals surface area (Å²) in [5, 5.41) is 13.2. The van der Waals surface area contributed by atoms with Crippen LogP contribution in [0.3, 0.4) is 0 Å². The van der Waals surface area contributed by atoms with Crippen LogP contribution in [0.2, 0.25) is 0 Å². The van der Waals surface area contributed by atoms with Crippen LogP contribution in [0.4, 0.5) is 0 Å². The summed E-state index contributed by atoms with van der Waals surface area (Å²) in [5.74, 6) is 1.11. The van der Waals surface area contributed by atoms with Gasteiger partial charge in [-0.3, -0.25) is 0 Å². The molecule has 0 saturated carbocycles. The van der Waals surface area contributed by atoms with Crippen molar-refractivity contribution in [3.63, 3.8) is 0 Å². The number of aliphatic hydroxyl groups excluding tert-OH is 1. The monoisotopic (exact) mass is 281 g/mol. The summed E-state index contributed by atoms with van der Waals surface area (Å²) >= 11 is 1.90. The molecule has 1 rings (SSSR count). The Morgan fingerprint density at radius 1 is 1.21 bits per heavy atom. The van der Waals surface area contributed by atoms with E-state index in [9.17, 15) is 5.11 Å². The number of thioether (sulfide) groups is 1. The fourth-order valence-electron chi connectivity index (χ4n) is 2.14. The van der Waals surface area contributed by atoms with E-state index >= 15 is 0 Å². The molecule has 0 fully saturated rings. The van der Waals surface area contributed by atoms with E-state index in [4.69, 9.17) is 0 Å². The smallest absolute Gasteiger partial charge is 0.0613 e. The predicted molar refractivity (Wildman–Crippen MR) is 84.8 cm³/mol. The quantitative estimate of drug-likeness (QED) is 0.506. The summed E-state index contributed by atoms with van der Waals surface area (Å²) in [4.78, 5) is 1.33. The van der Waals surface area contributed by atoms with Crippen LogP contribution in [0.15, 0.2) is 35.2 Å². The zero-order valence-electron chi connectivity index (χ0n) is 12.2. The zero-order valence-corrected chi connectivity index (χ0v) is 13.0. The van der Waals surface area contributed by atoms with Gasteiger partial charge in [0.2, 0.25) is 0 Å². The number of benzene rings is 1. The second-order valence-electron chi connectivity index (χ2n) is 4.98. The maximum absolute atomic E-state index is 9.65. The fraction of sp³-hybridized carbons (Fsp3) is 0.625. The number of hydrogen-bond acceptors (Lipinski definition) is 3. The molecular formula is C16H27NOS. The van der Waals surface area contributed by atoms with E-state index in [0.29, 0.717) is 0 Å². The molecule has 2 N–H and O–H groups in total. The Balaban J connectivity index is 2.32. The first-order valence-electron chi connectivity index (χ1n) is 7.30. The van der Waals surface area contributed by atoms with Gasteiger partial charge in [0, 0.05) is 10.4 Å². The summed E-state index contributed by atoms with van der Waals surface area (Å²) in [5.41, 5.74) is -0.0761.